The fourth-order valence-electron chi connectivity index (χ4n) is 7.59. The predicted octanol–water partition coefficient (Wildman–Crippen LogP) is 12.8. The first-order valence-corrected chi connectivity index (χ1v) is 21.9. The lowest BCUT2D eigenvalue weighted by Crippen LogP contribution is -2.62. The van der Waals surface area contributed by atoms with Crippen molar-refractivity contribution in [2.24, 2.45) is 5.92 Å². The molecule has 1 atom stereocenters. The van der Waals surface area contributed by atoms with E-state index < -0.39 is 0 Å². The summed E-state index contributed by atoms with van der Waals surface area (Å²) in [4.78, 5) is 0. The van der Waals surface area contributed by atoms with E-state index in [1.165, 1.54) is 212 Å². The Kier molecular flexibility index (Phi) is 38.5. The summed E-state index contributed by atoms with van der Waals surface area (Å²) in [6, 6.07) is 0. The molecule has 0 bridgehead atoms. The summed E-state index contributed by atoms with van der Waals surface area (Å²) < 4.78 is 0. The van der Waals surface area contributed by atoms with E-state index in [-0.39, 0.29) is 18.9 Å². The molecule has 0 aromatic heterocycles. The number of rotatable bonds is 41. The zero-order chi connectivity index (χ0) is 34.4. The van der Waals surface area contributed by atoms with Crippen LogP contribution in [0.15, 0.2) is 0 Å². The van der Waals surface area contributed by atoms with Crippen LogP contribution in [-0.2, 0) is 0 Å². The van der Waals surface area contributed by atoms with Crippen molar-refractivity contribution in [1.82, 2.24) is 10.6 Å². The molecule has 0 aliphatic heterocycles. The molecule has 0 fully saturated rings. The molecule has 0 aromatic rings. The summed E-state index contributed by atoms with van der Waals surface area (Å²) in [6.07, 6.45) is 47.1. The second kappa shape index (κ2) is 38.6. The first-order chi connectivity index (χ1) is 23.2. The SMILES string of the molecule is CCCCCCCCCCCCCCCCCCC(C)C(CCCCCCCCCCCCCCCCCC)(NCCO)NCCO. The molecule has 1 unspecified atom stereocenters. The Bertz CT molecular complexity index is 564. The summed E-state index contributed by atoms with van der Waals surface area (Å²) in [5.41, 5.74) is -0.184. The Morgan fingerprint density at radius 1 is 0.383 bits per heavy atom. The Morgan fingerprint density at radius 2 is 0.638 bits per heavy atom. The zero-order valence-electron chi connectivity index (χ0n) is 32.8. The van der Waals surface area contributed by atoms with Crippen LogP contribution in [0.25, 0.3) is 0 Å². The fourth-order valence-corrected chi connectivity index (χ4v) is 7.59. The van der Waals surface area contributed by atoms with Crippen LogP contribution in [0.1, 0.15) is 239 Å². The van der Waals surface area contributed by atoms with Gasteiger partial charge in [-0.2, -0.15) is 0 Å². The summed E-state index contributed by atoms with van der Waals surface area (Å²) in [5, 5.41) is 26.7. The molecular formula is C43H90N2O2. The predicted molar refractivity (Wildman–Crippen MR) is 210 cm³/mol. The lowest BCUT2D eigenvalue weighted by Gasteiger charge is -2.42. The molecule has 4 nitrogen and oxygen atoms in total. The van der Waals surface area contributed by atoms with Crippen molar-refractivity contribution in [2.75, 3.05) is 26.3 Å². The van der Waals surface area contributed by atoms with Gasteiger partial charge in [-0.15, -0.1) is 0 Å². The van der Waals surface area contributed by atoms with E-state index in [1.54, 1.807) is 0 Å². The van der Waals surface area contributed by atoms with E-state index in [2.05, 4.69) is 31.4 Å². The van der Waals surface area contributed by atoms with E-state index in [4.69, 9.17) is 0 Å². The van der Waals surface area contributed by atoms with Gasteiger partial charge in [0.15, 0.2) is 0 Å². The van der Waals surface area contributed by atoms with Crippen LogP contribution >= 0.6 is 0 Å². The molecule has 0 rings (SSSR count). The molecule has 0 aliphatic rings. The molecular weight excluding hydrogens is 576 g/mol. The van der Waals surface area contributed by atoms with Gasteiger partial charge in [-0.05, 0) is 18.8 Å². The Balaban J connectivity index is 4.05. The van der Waals surface area contributed by atoms with Crippen molar-refractivity contribution in [1.29, 1.82) is 0 Å². The summed E-state index contributed by atoms with van der Waals surface area (Å²) in [5.74, 6) is 0.476. The number of aliphatic hydroxyl groups excluding tert-OH is 2. The molecule has 0 aliphatic carbocycles. The summed E-state index contributed by atoms with van der Waals surface area (Å²) >= 11 is 0. The van der Waals surface area contributed by atoms with Crippen molar-refractivity contribution >= 4 is 0 Å². The molecule has 0 amide bonds. The van der Waals surface area contributed by atoms with E-state index >= 15 is 0 Å². The first-order valence-electron chi connectivity index (χ1n) is 21.9. The topological polar surface area (TPSA) is 64.5 Å². The number of hydrogen-bond acceptors (Lipinski definition) is 4. The highest BCUT2D eigenvalue weighted by Gasteiger charge is 2.34. The van der Waals surface area contributed by atoms with Crippen LogP contribution in [-0.4, -0.2) is 42.2 Å². The van der Waals surface area contributed by atoms with Crippen LogP contribution in [0.5, 0.6) is 0 Å². The standard InChI is InChI=1S/C43H90N2O2/c1-4-6-8-10-12-14-16-18-20-22-24-26-28-30-32-34-36-42(3)43(44-38-40-46,45-39-41-47)37-35-33-31-29-27-25-23-21-19-17-15-13-11-9-7-5-2/h42,44-47H,4-41H2,1-3H3. The molecule has 4 heteroatoms. The molecule has 0 saturated carbocycles. The maximum atomic E-state index is 9.63. The Hall–Kier alpha value is -0.160. The van der Waals surface area contributed by atoms with Gasteiger partial charge in [0.2, 0.25) is 0 Å². The highest BCUT2D eigenvalue weighted by Crippen LogP contribution is 2.27. The van der Waals surface area contributed by atoms with Crippen molar-refractivity contribution in [3.8, 4) is 0 Å². The van der Waals surface area contributed by atoms with Gasteiger partial charge in [0.25, 0.3) is 0 Å². The summed E-state index contributed by atoms with van der Waals surface area (Å²) in [7, 11) is 0. The Morgan fingerprint density at radius 3 is 0.915 bits per heavy atom. The second-order valence-electron chi connectivity index (χ2n) is 15.3. The minimum atomic E-state index is -0.184. The number of unbranched alkanes of at least 4 members (excludes halogenated alkanes) is 30. The molecule has 0 spiro atoms. The highest BCUT2D eigenvalue weighted by molar-refractivity contribution is 4.90. The maximum absolute atomic E-state index is 9.63. The number of nitrogens with one attached hydrogen (secondary N) is 2. The lowest BCUT2D eigenvalue weighted by atomic mass is 9.84. The van der Waals surface area contributed by atoms with Gasteiger partial charge in [-0.1, -0.05) is 226 Å². The smallest absolute Gasteiger partial charge is 0.0715 e. The first kappa shape index (κ1) is 46.8. The second-order valence-corrected chi connectivity index (χ2v) is 15.3. The molecule has 284 valence electrons. The minimum absolute atomic E-state index is 0.160. The van der Waals surface area contributed by atoms with Crippen LogP contribution < -0.4 is 10.6 Å². The average Bonchev–Trinajstić information content (AvgIpc) is 3.08. The normalized spacial score (nSPS) is 12.7. The largest absolute Gasteiger partial charge is 0.395 e. The fraction of sp³-hybridized carbons (Fsp3) is 1.00. The van der Waals surface area contributed by atoms with E-state index in [0.717, 1.165) is 6.42 Å². The maximum Gasteiger partial charge on any atom is 0.0715 e. The van der Waals surface area contributed by atoms with E-state index in [9.17, 15) is 10.2 Å². The molecule has 4 N–H and O–H groups in total. The van der Waals surface area contributed by atoms with Crippen molar-refractivity contribution < 1.29 is 10.2 Å². The average molecular weight is 667 g/mol. The summed E-state index contributed by atoms with van der Waals surface area (Å²) in [6.45, 7) is 8.52. The van der Waals surface area contributed by atoms with E-state index in [1.807, 2.05) is 0 Å². The zero-order valence-corrected chi connectivity index (χ0v) is 32.8. The van der Waals surface area contributed by atoms with Gasteiger partial charge in [0.1, 0.15) is 0 Å². The van der Waals surface area contributed by atoms with Crippen LogP contribution in [0.2, 0.25) is 0 Å². The molecule has 0 heterocycles. The third-order valence-electron chi connectivity index (χ3n) is 10.9. The van der Waals surface area contributed by atoms with Crippen molar-refractivity contribution in [3.63, 3.8) is 0 Å². The van der Waals surface area contributed by atoms with Gasteiger partial charge in [-0.3, -0.25) is 10.6 Å². The number of aliphatic hydroxyl groups is 2. The van der Waals surface area contributed by atoms with Gasteiger partial charge in [-0.25, -0.2) is 0 Å². The lowest BCUT2D eigenvalue weighted by molar-refractivity contribution is 0.119. The molecule has 47 heavy (non-hydrogen) atoms. The monoisotopic (exact) mass is 667 g/mol. The van der Waals surface area contributed by atoms with E-state index in [0.29, 0.717) is 19.0 Å². The van der Waals surface area contributed by atoms with Gasteiger partial charge >= 0.3 is 0 Å². The van der Waals surface area contributed by atoms with Gasteiger partial charge in [0.05, 0.1) is 18.9 Å². The van der Waals surface area contributed by atoms with Crippen molar-refractivity contribution in [3.05, 3.63) is 0 Å². The molecule has 0 saturated heterocycles. The Labute approximate surface area is 297 Å². The quantitative estimate of drug-likeness (QED) is 0.0387. The molecule has 0 radical (unpaired) electrons. The number of hydrogen-bond donors (Lipinski definition) is 4. The van der Waals surface area contributed by atoms with Crippen LogP contribution in [0.3, 0.4) is 0 Å². The minimum Gasteiger partial charge on any atom is -0.395 e. The van der Waals surface area contributed by atoms with Gasteiger partial charge in [0, 0.05) is 13.1 Å². The highest BCUT2D eigenvalue weighted by atomic mass is 16.3. The third-order valence-corrected chi connectivity index (χ3v) is 10.9. The van der Waals surface area contributed by atoms with Gasteiger partial charge < -0.3 is 10.2 Å². The third kappa shape index (κ3) is 31.6. The van der Waals surface area contributed by atoms with Crippen LogP contribution in [0.4, 0.5) is 0 Å². The van der Waals surface area contributed by atoms with Crippen molar-refractivity contribution in [2.45, 2.75) is 245 Å². The molecule has 0 aromatic carbocycles. The van der Waals surface area contributed by atoms with Crippen LogP contribution in [0, 0.1) is 5.92 Å².